The molecule has 0 unspecified atom stereocenters. The SMILES string of the molecule is Cc1c(CC(=O)C[C@@H]2CC(=O)N(C)C2)cc(Cl)cc1CN1CCN(C(=O)C2CCCC2)[C@@H](C)C1. The fourth-order valence-corrected chi connectivity index (χ4v) is 6.26. The summed E-state index contributed by atoms with van der Waals surface area (Å²) < 4.78 is 0. The van der Waals surface area contributed by atoms with Gasteiger partial charge in [0.1, 0.15) is 5.78 Å². The van der Waals surface area contributed by atoms with Crippen LogP contribution in [0.2, 0.25) is 5.02 Å². The minimum atomic E-state index is 0.119. The van der Waals surface area contributed by atoms with E-state index in [2.05, 4.69) is 23.6 Å². The smallest absolute Gasteiger partial charge is 0.226 e. The summed E-state index contributed by atoms with van der Waals surface area (Å²) in [4.78, 5) is 43.7. The normalized spacial score (nSPS) is 24.3. The third kappa shape index (κ3) is 5.83. The van der Waals surface area contributed by atoms with Gasteiger partial charge < -0.3 is 9.80 Å². The molecule has 3 aliphatic rings. The number of likely N-dealkylation sites (tertiary alicyclic amines) is 1. The predicted molar refractivity (Wildman–Crippen MR) is 134 cm³/mol. The third-order valence-electron chi connectivity index (χ3n) is 8.01. The number of nitrogens with zero attached hydrogens (tertiary/aromatic N) is 3. The van der Waals surface area contributed by atoms with Gasteiger partial charge in [0, 0.05) is 76.0 Å². The van der Waals surface area contributed by atoms with Gasteiger partial charge in [0.05, 0.1) is 0 Å². The second kappa shape index (κ2) is 10.8. The molecule has 0 N–H and O–H groups in total. The topological polar surface area (TPSA) is 60.9 Å². The van der Waals surface area contributed by atoms with Crippen LogP contribution in [-0.4, -0.2) is 71.6 Å². The fraction of sp³-hybridized carbons (Fsp3) is 0.667. The van der Waals surface area contributed by atoms with Gasteiger partial charge in [-0.05, 0) is 61.4 Å². The summed E-state index contributed by atoms with van der Waals surface area (Å²) in [5.41, 5.74) is 3.25. The highest BCUT2D eigenvalue weighted by atomic mass is 35.5. The maximum absolute atomic E-state index is 12.9. The second-order valence-electron chi connectivity index (χ2n) is 10.7. The Hall–Kier alpha value is -1.92. The van der Waals surface area contributed by atoms with Gasteiger partial charge in [0.25, 0.3) is 0 Å². The van der Waals surface area contributed by atoms with Crippen LogP contribution < -0.4 is 0 Å². The largest absolute Gasteiger partial charge is 0.345 e. The Bertz CT molecular complexity index is 943. The molecular weight excluding hydrogens is 450 g/mol. The van der Waals surface area contributed by atoms with E-state index in [0.717, 1.165) is 55.7 Å². The van der Waals surface area contributed by atoms with Crippen LogP contribution >= 0.6 is 11.6 Å². The van der Waals surface area contributed by atoms with Crippen molar-refractivity contribution in [1.82, 2.24) is 14.7 Å². The van der Waals surface area contributed by atoms with Gasteiger partial charge in [0.15, 0.2) is 0 Å². The highest BCUT2D eigenvalue weighted by Crippen LogP contribution is 2.29. The first-order valence-corrected chi connectivity index (χ1v) is 13.2. The molecule has 1 aromatic rings. The Kier molecular flexibility index (Phi) is 7.98. The number of piperazine rings is 1. The molecule has 4 rings (SSSR count). The quantitative estimate of drug-likeness (QED) is 0.586. The summed E-state index contributed by atoms with van der Waals surface area (Å²) in [6.07, 6.45) is 5.71. The highest BCUT2D eigenvalue weighted by molar-refractivity contribution is 6.30. The van der Waals surface area contributed by atoms with E-state index in [-0.39, 0.29) is 29.6 Å². The molecule has 7 heteroatoms. The second-order valence-corrected chi connectivity index (χ2v) is 11.1. The standard InChI is InChI=1S/C27H38ClN3O3/c1-18-15-30(8-9-31(18)27(34)21-6-4-5-7-21)17-23-13-24(28)12-22(19(23)2)14-25(32)10-20-11-26(33)29(3)16-20/h12-13,18,20-21H,4-11,14-17H2,1-3H3/t18-,20+/m0/s1. The van der Waals surface area contributed by atoms with Gasteiger partial charge in [-0.2, -0.15) is 0 Å². The number of rotatable bonds is 7. The molecule has 2 aliphatic heterocycles. The highest BCUT2D eigenvalue weighted by Gasteiger charge is 2.33. The molecule has 0 aromatic heterocycles. The number of benzene rings is 1. The molecule has 0 bridgehead atoms. The van der Waals surface area contributed by atoms with Crippen LogP contribution in [0.3, 0.4) is 0 Å². The molecule has 2 atom stereocenters. The predicted octanol–water partition coefficient (Wildman–Crippen LogP) is 3.85. The first-order chi connectivity index (χ1) is 16.2. The minimum absolute atomic E-state index is 0.119. The molecule has 1 aromatic carbocycles. The lowest BCUT2D eigenvalue weighted by molar-refractivity contribution is -0.140. The average molecular weight is 488 g/mol. The Morgan fingerprint density at radius 1 is 1.09 bits per heavy atom. The van der Waals surface area contributed by atoms with Gasteiger partial charge >= 0.3 is 0 Å². The van der Waals surface area contributed by atoms with Gasteiger partial charge in [-0.25, -0.2) is 0 Å². The number of carbonyl (C=O) groups is 3. The molecule has 0 radical (unpaired) electrons. The number of ketones is 1. The number of Topliss-reactive ketones (excluding diaryl/α,β-unsaturated/α-hetero) is 1. The molecule has 6 nitrogen and oxygen atoms in total. The lowest BCUT2D eigenvalue weighted by Gasteiger charge is -2.41. The molecule has 1 saturated carbocycles. The van der Waals surface area contributed by atoms with Crippen LogP contribution in [0, 0.1) is 18.8 Å². The summed E-state index contributed by atoms with van der Waals surface area (Å²) in [5, 5.41) is 0.655. The van der Waals surface area contributed by atoms with E-state index in [9.17, 15) is 14.4 Å². The maximum Gasteiger partial charge on any atom is 0.226 e. The summed E-state index contributed by atoms with van der Waals surface area (Å²) in [6.45, 7) is 8.14. The summed E-state index contributed by atoms with van der Waals surface area (Å²) in [7, 11) is 1.80. The molecule has 2 heterocycles. The van der Waals surface area contributed by atoms with Crippen LogP contribution in [0.1, 0.15) is 62.1 Å². The molecule has 2 amide bonds. The maximum atomic E-state index is 12.9. The van der Waals surface area contributed by atoms with Crippen LogP contribution in [0.5, 0.6) is 0 Å². The molecule has 2 saturated heterocycles. The Labute approximate surface area is 208 Å². The molecular formula is C27H38ClN3O3. The van der Waals surface area contributed by atoms with E-state index < -0.39 is 0 Å². The minimum Gasteiger partial charge on any atom is -0.345 e. The van der Waals surface area contributed by atoms with Crippen molar-refractivity contribution < 1.29 is 14.4 Å². The molecule has 0 spiro atoms. The monoisotopic (exact) mass is 487 g/mol. The first-order valence-electron chi connectivity index (χ1n) is 12.8. The first kappa shape index (κ1) is 25.2. The molecule has 34 heavy (non-hydrogen) atoms. The van der Waals surface area contributed by atoms with E-state index >= 15 is 0 Å². The summed E-state index contributed by atoms with van der Waals surface area (Å²) in [5.74, 6) is 0.982. The van der Waals surface area contributed by atoms with Crippen molar-refractivity contribution in [3.05, 3.63) is 33.8 Å². The number of hydrogen-bond acceptors (Lipinski definition) is 4. The number of hydrogen-bond donors (Lipinski definition) is 0. The van der Waals surface area contributed by atoms with Crippen LogP contribution in [0.4, 0.5) is 0 Å². The number of carbonyl (C=O) groups excluding carboxylic acids is 3. The van der Waals surface area contributed by atoms with Crippen LogP contribution in [0.15, 0.2) is 12.1 Å². The Balaban J connectivity index is 1.36. The Morgan fingerprint density at radius 3 is 2.44 bits per heavy atom. The van der Waals surface area contributed by atoms with Gasteiger partial charge in [-0.3, -0.25) is 19.3 Å². The van der Waals surface area contributed by atoms with Crippen molar-refractivity contribution in [1.29, 1.82) is 0 Å². The zero-order valence-electron chi connectivity index (χ0n) is 20.8. The van der Waals surface area contributed by atoms with Crippen molar-refractivity contribution in [2.24, 2.45) is 11.8 Å². The number of amides is 2. The average Bonchev–Trinajstić information content (AvgIpc) is 3.41. The van der Waals surface area contributed by atoms with Crippen molar-refractivity contribution >= 4 is 29.2 Å². The van der Waals surface area contributed by atoms with Gasteiger partial charge in [-0.1, -0.05) is 24.4 Å². The van der Waals surface area contributed by atoms with Gasteiger partial charge in [0.2, 0.25) is 11.8 Å². The molecule has 186 valence electrons. The number of halogens is 1. The summed E-state index contributed by atoms with van der Waals surface area (Å²) in [6, 6.07) is 4.12. The van der Waals surface area contributed by atoms with E-state index in [1.807, 2.05) is 12.1 Å². The fourth-order valence-electron chi connectivity index (χ4n) is 6.00. The van der Waals surface area contributed by atoms with E-state index in [1.165, 1.54) is 12.8 Å². The van der Waals surface area contributed by atoms with E-state index in [0.29, 0.717) is 36.7 Å². The lowest BCUT2D eigenvalue weighted by atomic mass is 9.93. The Morgan fingerprint density at radius 2 is 1.79 bits per heavy atom. The molecule has 3 fully saturated rings. The zero-order chi connectivity index (χ0) is 24.4. The van der Waals surface area contributed by atoms with Crippen molar-refractivity contribution in [2.45, 2.75) is 71.4 Å². The van der Waals surface area contributed by atoms with Crippen molar-refractivity contribution in [2.75, 3.05) is 33.2 Å². The van der Waals surface area contributed by atoms with E-state index in [4.69, 9.17) is 11.6 Å². The van der Waals surface area contributed by atoms with Crippen molar-refractivity contribution in [3.8, 4) is 0 Å². The van der Waals surface area contributed by atoms with Crippen LogP contribution in [-0.2, 0) is 27.3 Å². The third-order valence-corrected chi connectivity index (χ3v) is 8.22. The van der Waals surface area contributed by atoms with Gasteiger partial charge in [-0.15, -0.1) is 0 Å². The molecule has 1 aliphatic carbocycles. The van der Waals surface area contributed by atoms with E-state index in [1.54, 1.807) is 11.9 Å². The summed E-state index contributed by atoms with van der Waals surface area (Å²) >= 11 is 6.46. The lowest BCUT2D eigenvalue weighted by Crippen LogP contribution is -2.54. The van der Waals surface area contributed by atoms with Crippen LogP contribution in [0.25, 0.3) is 0 Å². The van der Waals surface area contributed by atoms with Crippen molar-refractivity contribution in [3.63, 3.8) is 0 Å². The zero-order valence-corrected chi connectivity index (χ0v) is 21.6.